The lowest BCUT2D eigenvalue weighted by Crippen LogP contribution is -2.54. The van der Waals surface area contributed by atoms with Crippen LogP contribution in [0.5, 0.6) is 0 Å². The van der Waals surface area contributed by atoms with Crippen molar-refractivity contribution in [2.75, 3.05) is 13.1 Å². The summed E-state index contributed by atoms with van der Waals surface area (Å²) in [4.78, 5) is 2.89. The van der Waals surface area contributed by atoms with E-state index in [4.69, 9.17) is 0 Å². The average Bonchev–Trinajstić information content (AvgIpc) is 3.25. The lowest BCUT2D eigenvalue weighted by molar-refractivity contribution is 0.0760. The van der Waals surface area contributed by atoms with Gasteiger partial charge in [-0.1, -0.05) is 34.1 Å². The molecule has 0 amide bonds. The van der Waals surface area contributed by atoms with Gasteiger partial charge in [0.15, 0.2) is 0 Å². The highest BCUT2D eigenvalue weighted by atomic mass is 15.2. The predicted octanol–water partition coefficient (Wildman–Crippen LogP) is 4.05. The molecule has 3 unspecified atom stereocenters. The van der Waals surface area contributed by atoms with Gasteiger partial charge in [-0.3, -0.25) is 4.90 Å². The van der Waals surface area contributed by atoms with E-state index in [1.165, 1.54) is 51.5 Å². The number of unbranched alkanes of at least 4 members (excludes halogenated alkanes) is 1. The molecule has 2 heteroatoms. The fourth-order valence-electron chi connectivity index (χ4n) is 4.02. The van der Waals surface area contributed by atoms with Crippen molar-refractivity contribution in [1.29, 1.82) is 0 Å². The Morgan fingerprint density at radius 1 is 1.10 bits per heavy atom. The van der Waals surface area contributed by atoms with Crippen molar-refractivity contribution in [2.45, 2.75) is 90.8 Å². The van der Waals surface area contributed by atoms with Crippen LogP contribution < -0.4 is 5.32 Å². The molecule has 1 N–H and O–H groups in total. The summed E-state index contributed by atoms with van der Waals surface area (Å²) in [5, 5.41) is 3.79. The minimum absolute atomic E-state index is 0.743. The van der Waals surface area contributed by atoms with Crippen LogP contribution in [0.25, 0.3) is 0 Å². The third-order valence-electron chi connectivity index (χ3n) is 5.48. The molecule has 0 radical (unpaired) electrons. The Morgan fingerprint density at radius 3 is 2.40 bits per heavy atom. The summed E-state index contributed by atoms with van der Waals surface area (Å²) in [7, 11) is 0. The Balaban J connectivity index is 2.03. The first-order valence-corrected chi connectivity index (χ1v) is 9.16. The summed E-state index contributed by atoms with van der Waals surface area (Å²) in [5.41, 5.74) is 0. The number of hydrogen-bond donors (Lipinski definition) is 1. The van der Waals surface area contributed by atoms with Gasteiger partial charge in [-0.2, -0.15) is 0 Å². The Labute approximate surface area is 126 Å². The van der Waals surface area contributed by atoms with Crippen LogP contribution in [0.4, 0.5) is 0 Å². The number of hydrogen-bond acceptors (Lipinski definition) is 2. The van der Waals surface area contributed by atoms with E-state index in [1.54, 1.807) is 0 Å². The third kappa shape index (κ3) is 4.21. The molecule has 0 aliphatic heterocycles. The van der Waals surface area contributed by atoms with Crippen molar-refractivity contribution in [2.24, 2.45) is 11.8 Å². The molecule has 0 bridgehead atoms. The molecule has 2 aliphatic carbocycles. The minimum Gasteiger partial charge on any atom is -0.313 e. The molecule has 3 atom stereocenters. The number of nitrogens with zero attached hydrogens (tertiary/aromatic N) is 1. The summed E-state index contributed by atoms with van der Waals surface area (Å²) in [5.74, 6) is 1.80. The van der Waals surface area contributed by atoms with E-state index in [9.17, 15) is 0 Å². The van der Waals surface area contributed by atoms with Gasteiger partial charge in [0.05, 0.1) is 0 Å². The molecule has 20 heavy (non-hydrogen) atoms. The zero-order valence-electron chi connectivity index (χ0n) is 14.2. The Morgan fingerprint density at radius 2 is 1.85 bits per heavy atom. The van der Waals surface area contributed by atoms with E-state index in [0.717, 1.165) is 36.5 Å². The molecular weight excluding hydrogens is 244 g/mol. The van der Waals surface area contributed by atoms with E-state index < -0.39 is 0 Å². The second-order valence-electron chi connectivity index (χ2n) is 7.37. The van der Waals surface area contributed by atoms with Gasteiger partial charge in [0, 0.05) is 18.1 Å². The van der Waals surface area contributed by atoms with Gasteiger partial charge in [0.1, 0.15) is 0 Å². The van der Waals surface area contributed by atoms with Crippen molar-refractivity contribution in [1.82, 2.24) is 10.2 Å². The highest BCUT2D eigenvalue weighted by Crippen LogP contribution is 2.38. The summed E-state index contributed by atoms with van der Waals surface area (Å²) in [6, 6.07) is 2.46. The fraction of sp³-hybridized carbons (Fsp3) is 1.00. The van der Waals surface area contributed by atoms with Crippen LogP contribution in [0.3, 0.4) is 0 Å². The second kappa shape index (κ2) is 7.79. The number of nitrogens with one attached hydrogen (secondary N) is 1. The van der Waals surface area contributed by atoms with Gasteiger partial charge in [-0.15, -0.1) is 0 Å². The van der Waals surface area contributed by atoms with E-state index >= 15 is 0 Å². The fourth-order valence-corrected chi connectivity index (χ4v) is 4.02. The maximum Gasteiger partial charge on any atom is 0.0255 e. The third-order valence-corrected chi connectivity index (χ3v) is 5.48. The summed E-state index contributed by atoms with van der Waals surface area (Å²) < 4.78 is 0. The maximum atomic E-state index is 3.79. The van der Waals surface area contributed by atoms with Crippen LogP contribution in [0, 0.1) is 11.8 Å². The molecule has 118 valence electrons. The van der Waals surface area contributed by atoms with Crippen LogP contribution >= 0.6 is 0 Å². The number of likely N-dealkylation sites (N-methyl/N-ethyl adjacent to an activating group) is 1. The Bertz CT molecular complexity index is 273. The highest BCUT2D eigenvalue weighted by molar-refractivity contribution is 4.97. The topological polar surface area (TPSA) is 15.3 Å². The summed E-state index contributed by atoms with van der Waals surface area (Å²) >= 11 is 0. The molecule has 0 aromatic rings. The van der Waals surface area contributed by atoms with Gasteiger partial charge in [0.2, 0.25) is 0 Å². The summed E-state index contributed by atoms with van der Waals surface area (Å²) in [6.45, 7) is 11.9. The predicted molar refractivity (Wildman–Crippen MR) is 88.1 cm³/mol. The molecule has 0 spiro atoms. The quantitative estimate of drug-likeness (QED) is 0.721. The van der Waals surface area contributed by atoms with Gasteiger partial charge < -0.3 is 5.32 Å². The first-order valence-electron chi connectivity index (χ1n) is 9.16. The SMILES string of the molecule is CCCCN(C1CC1)C1CC(C(C)C)CCC1NCC. The van der Waals surface area contributed by atoms with Gasteiger partial charge in [-0.25, -0.2) is 0 Å². The summed E-state index contributed by atoms with van der Waals surface area (Å²) in [6.07, 6.45) is 9.84. The van der Waals surface area contributed by atoms with Gasteiger partial charge in [0.25, 0.3) is 0 Å². The van der Waals surface area contributed by atoms with Crippen LogP contribution in [-0.4, -0.2) is 36.1 Å². The molecule has 2 nitrogen and oxygen atoms in total. The van der Waals surface area contributed by atoms with Crippen LogP contribution in [0.2, 0.25) is 0 Å². The largest absolute Gasteiger partial charge is 0.313 e. The minimum atomic E-state index is 0.743. The molecule has 0 aromatic carbocycles. The van der Waals surface area contributed by atoms with E-state index in [2.05, 4.69) is 37.9 Å². The van der Waals surface area contributed by atoms with Crippen molar-refractivity contribution >= 4 is 0 Å². The highest BCUT2D eigenvalue weighted by Gasteiger charge is 2.40. The van der Waals surface area contributed by atoms with E-state index in [1.807, 2.05) is 0 Å². The normalized spacial score (nSPS) is 31.2. The lowest BCUT2D eigenvalue weighted by atomic mass is 9.76. The molecule has 2 fully saturated rings. The van der Waals surface area contributed by atoms with Crippen molar-refractivity contribution in [3.63, 3.8) is 0 Å². The van der Waals surface area contributed by atoms with Crippen molar-refractivity contribution in [3.05, 3.63) is 0 Å². The maximum absolute atomic E-state index is 3.79. The zero-order chi connectivity index (χ0) is 14.5. The molecule has 2 aliphatic rings. The van der Waals surface area contributed by atoms with E-state index in [-0.39, 0.29) is 0 Å². The van der Waals surface area contributed by atoms with Gasteiger partial charge in [-0.05, 0) is 63.5 Å². The van der Waals surface area contributed by atoms with Crippen molar-refractivity contribution in [3.8, 4) is 0 Å². The van der Waals surface area contributed by atoms with Crippen LogP contribution in [0.1, 0.15) is 72.6 Å². The van der Waals surface area contributed by atoms with Crippen LogP contribution in [0.15, 0.2) is 0 Å². The first-order chi connectivity index (χ1) is 9.67. The monoisotopic (exact) mass is 280 g/mol. The van der Waals surface area contributed by atoms with Gasteiger partial charge >= 0.3 is 0 Å². The Kier molecular flexibility index (Phi) is 6.35. The molecule has 0 aromatic heterocycles. The van der Waals surface area contributed by atoms with E-state index in [0.29, 0.717) is 0 Å². The molecule has 2 rings (SSSR count). The van der Waals surface area contributed by atoms with Crippen molar-refractivity contribution < 1.29 is 0 Å². The standard InChI is InChI=1S/C18H36N2/c1-5-7-12-20(16-9-10-16)18-13-15(14(3)4)8-11-17(18)19-6-2/h14-19H,5-13H2,1-4H3. The Hall–Kier alpha value is -0.0800. The number of rotatable bonds is 8. The lowest BCUT2D eigenvalue weighted by Gasteiger charge is -2.44. The molecule has 0 heterocycles. The molecule has 0 saturated heterocycles. The average molecular weight is 280 g/mol. The smallest absolute Gasteiger partial charge is 0.0255 e. The molecular formula is C18H36N2. The molecule has 2 saturated carbocycles. The first kappa shape index (κ1) is 16.3. The van der Waals surface area contributed by atoms with Crippen LogP contribution in [-0.2, 0) is 0 Å². The zero-order valence-corrected chi connectivity index (χ0v) is 14.2. The second-order valence-corrected chi connectivity index (χ2v) is 7.37.